The van der Waals surface area contributed by atoms with Gasteiger partial charge < -0.3 is 15.5 Å². The van der Waals surface area contributed by atoms with E-state index in [0.29, 0.717) is 24.3 Å². The van der Waals surface area contributed by atoms with E-state index in [9.17, 15) is 14.4 Å². The maximum Gasteiger partial charge on any atom is 0.253 e. The summed E-state index contributed by atoms with van der Waals surface area (Å²) in [4.78, 5) is 42.7. The Morgan fingerprint density at radius 1 is 1.21 bits per heavy atom. The average molecular weight is 394 g/mol. The first-order chi connectivity index (χ1) is 13.7. The molecule has 3 rings (SSSR count). The molecule has 1 aliphatic heterocycles. The molecule has 1 saturated heterocycles. The van der Waals surface area contributed by atoms with E-state index in [2.05, 4.69) is 15.6 Å². The summed E-state index contributed by atoms with van der Waals surface area (Å²) in [5, 5.41) is 5.73. The van der Waals surface area contributed by atoms with E-state index in [0.717, 1.165) is 5.56 Å². The number of anilines is 1. The van der Waals surface area contributed by atoms with E-state index in [4.69, 9.17) is 0 Å². The fourth-order valence-corrected chi connectivity index (χ4v) is 3.32. The second-order valence-corrected chi connectivity index (χ2v) is 8.19. The summed E-state index contributed by atoms with van der Waals surface area (Å²) >= 11 is 0. The van der Waals surface area contributed by atoms with Crippen LogP contribution in [0, 0.1) is 5.92 Å². The van der Waals surface area contributed by atoms with Crippen LogP contribution in [-0.4, -0.2) is 39.7 Å². The van der Waals surface area contributed by atoms with Gasteiger partial charge in [0.25, 0.3) is 5.91 Å². The number of benzene rings is 1. The first-order valence-electron chi connectivity index (χ1n) is 9.62. The van der Waals surface area contributed by atoms with Gasteiger partial charge >= 0.3 is 0 Å². The third kappa shape index (κ3) is 5.19. The predicted molar refractivity (Wildman–Crippen MR) is 110 cm³/mol. The van der Waals surface area contributed by atoms with E-state index in [1.54, 1.807) is 29.3 Å². The topological polar surface area (TPSA) is 91.4 Å². The van der Waals surface area contributed by atoms with Crippen molar-refractivity contribution in [2.24, 2.45) is 5.92 Å². The second kappa shape index (κ2) is 8.43. The Morgan fingerprint density at radius 3 is 2.66 bits per heavy atom. The quantitative estimate of drug-likeness (QED) is 0.815. The molecule has 2 aromatic rings. The van der Waals surface area contributed by atoms with Gasteiger partial charge in [-0.05, 0) is 50.6 Å². The Labute approximate surface area is 170 Å². The second-order valence-electron chi connectivity index (χ2n) is 8.19. The highest BCUT2D eigenvalue weighted by Gasteiger charge is 2.39. The molecule has 1 aliphatic rings. The number of carbonyl (C=O) groups excluding carboxylic acids is 3. The van der Waals surface area contributed by atoms with Crippen molar-refractivity contribution in [3.63, 3.8) is 0 Å². The first kappa shape index (κ1) is 20.5. The van der Waals surface area contributed by atoms with E-state index < -0.39 is 0 Å². The molecule has 1 aromatic heterocycles. The molecule has 7 nitrogen and oxygen atoms in total. The number of aromatic nitrogens is 1. The minimum absolute atomic E-state index is 0.00418. The summed E-state index contributed by atoms with van der Waals surface area (Å²) in [6.45, 7) is 6.66. The lowest BCUT2D eigenvalue weighted by atomic mass is 10.1. The van der Waals surface area contributed by atoms with E-state index in [1.807, 2.05) is 39.0 Å². The lowest BCUT2D eigenvalue weighted by Gasteiger charge is -2.31. The molecular formula is C22H26N4O3. The molecule has 0 aliphatic carbocycles. The predicted octanol–water partition coefficient (Wildman–Crippen LogP) is 2.60. The molecular weight excluding hydrogens is 368 g/mol. The summed E-state index contributed by atoms with van der Waals surface area (Å²) in [6.07, 6.45) is 3.35. The molecule has 7 heteroatoms. The van der Waals surface area contributed by atoms with Gasteiger partial charge in [-0.2, -0.15) is 0 Å². The van der Waals surface area contributed by atoms with Crippen LogP contribution in [-0.2, 0) is 16.1 Å². The van der Waals surface area contributed by atoms with Crippen molar-refractivity contribution in [1.29, 1.82) is 0 Å². The highest BCUT2D eigenvalue weighted by atomic mass is 16.2. The largest absolute Gasteiger partial charge is 0.348 e. The SMILES string of the molecule is CC(C)(C)N1CC(C(=O)Nc2cccc(CNC(=O)c3cccnc3)c2)CC1=O. The van der Waals surface area contributed by atoms with E-state index in [-0.39, 0.29) is 35.6 Å². The molecule has 0 spiro atoms. The number of hydrogen-bond donors (Lipinski definition) is 2. The van der Waals surface area contributed by atoms with Crippen LogP contribution in [0.1, 0.15) is 43.1 Å². The maximum absolute atomic E-state index is 12.6. The Balaban J connectivity index is 1.58. The van der Waals surface area contributed by atoms with Crippen LogP contribution >= 0.6 is 0 Å². The summed E-state index contributed by atoms with van der Waals surface area (Å²) < 4.78 is 0. The van der Waals surface area contributed by atoms with Gasteiger partial charge in [0.05, 0.1) is 11.5 Å². The number of pyridine rings is 1. The van der Waals surface area contributed by atoms with Crippen molar-refractivity contribution in [3.8, 4) is 0 Å². The van der Waals surface area contributed by atoms with E-state index >= 15 is 0 Å². The van der Waals surface area contributed by atoms with Gasteiger partial charge in [-0.3, -0.25) is 19.4 Å². The fraction of sp³-hybridized carbons (Fsp3) is 0.364. The summed E-state index contributed by atoms with van der Waals surface area (Å²) in [6, 6.07) is 10.7. The van der Waals surface area contributed by atoms with Crippen LogP contribution in [0.25, 0.3) is 0 Å². The number of hydrogen-bond acceptors (Lipinski definition) is 4. The number of nitrogens with one attached hydrogen (secondary N) is 2. The highest BCUT2D eigenvalue weighted by molar-refractivity contribution is 5.97. The minimum Gasteiger partial charge on any atom is -0.348 e. The molecule has 3 amide bonds. The lowest BCUT2D eigenvalue weighted by molar-refractivity contribution is -0.131. The smallest absolute Gasteiger partial charge is 0.253 e. The Bertz CT molecular complexity index is 906. The van der Waals surface area contributed by atoms with Gasteiger partial charge in [0, 0.05) is 43.1 Å². The monoisotopic (exact) mass is 394 g/mol. The Hall–Kier alpha value is -3.22. The molecule has 152 valence electrons. The molecule has 0 saturated carbocycles. The van der Waals surface area contributed by atoms with Crippen LogP contribution < -0.4 is 10.6 Å². The first-order valence-corrected chi connectivity index (χ1v) is 9.62. The fourth-order valence-electron chi connectivity index (χ4n) is 3.32. The number of rotatable bonds is 5. The molecule has 1 fully saturated rings. The summed E-state index contributed by atoms with van der Waals surface area (Å²) in [5.41, 5.74) is 1.70. The van der Waals surface area contributed by atoms with Gasteiger partial charge in [0.2, 0.25) is 11.8 Å². The van der Waals surface area contributed by atoms with Crippen molar-refractivity contribution in [2.45, 2.75) is 39.3 Å². The van der Waals surface area contributed by atoms with Crippen molar-refractivity contribution in [1.82, 2.24) is 15.2 Å². The molecule has 2 heterocycles. The molecule has 29 heavy (non-hydrogen) atoms. The zero-order valence-corrected chi connectivity index (χ0v) is 16.9. The third-order valence-electron chi connectivity index (χ3n) is 4.88. The zero-order chi connectivity index (χ0) is 21.0. The number of nitrogens with zero attached hydrogens (tertiary/aromatic N) is 2. The van der Waals surface area contributed by atoms with Crippen molar-refractivity contribution in [2.75, 3.05) is 11.9 Å². The number of likely N-dealkylation sites (tertiary alicyclic amines) is 1. The lowest BCUT2D eigenvalue weighted by Crippen LogP contribution is -2.42. The average Bonchev–Trinajstić information content (AvgIpc) is 3.09. The molecule has 1 unspecified atom stereocenters. The van der Waals surface area contributed by atoms with Gasteiger partial charge in [-0.25, -0.2) is 0 Å². The molecule has 2 N–H and O–H groups in total. The van der Waals surface area contributed by atoms with Crippen LogP contribution in [0.4, 0.5) is 5.69 Å². The molecule has 1 atom stereocenters. The summed E-state index contributed by atoms with van der Waals surface area (Å²) in [5.74, 6) is -0.735. The number of amides is 3. The molecule has 0 radical (unpaired) electrons. The van der Waals surface area contributed by atoms with Crippen LogP contribution in [0.15, 0.2) is 48.8 Å². The highest BCUT2D eigenvalue weighted by Crippen LogP contribution is 2.26. The van der Waals surface area contributed by atoms with Gasteiger partial charge in [0.15, 0.2) is 0 Å². The van der Waals surface area contributed by atoms with Crippen molar-refractivity contribution >= 4 is 23.4 Å². The Kier molecular flexibility index (Phi) is 5.96. The van der Waals surface area contributed by atoms with Gasteiger partial charge in [-0.15, -0.1) is 0 Å². The summed E-state index contributed by atoms with van der Waals surface area (Å²) in [7, 11) is 0. The molecule has 0 bridgehead atoms. The zero-order valence-electron chi connectivity index (χ0n) is 16.9. The third-order valence-corrected chi connectivity index (χ3v) is 4.88. The maximum atomic E-state index is 12.6. The molecule has 1 aromatic carbocycles. The van der Waals surface area contributed by atoms with Crippen LogP contribution in [0.5, 0.6) is 0 Å². The minimum atomic E-state index is -0.365. The van der Waals surface area contributed by atoms with Gasteiger partial charge in [-0.1, -0.05) is 12.1 Å². The normalized spacial score (nSPS) is 16.6. The number of carbonyl (C=O) groups is 3. The van der Waals surface area contributed by atoms with Gasteiger partial charge in [0.1, 0.15) is 0 Å². The van der Waals surface area contributed by atoms with Crippen molar-refractivity contribution < 1.29 is 14.4 Å². The van der Waals surface area contributed by atoms with Crippen LogP contribution in [0.3, 0.4) is 0 Å². The van der Waals surface area contributed by atoms with Crippen LogP contribution in [0.2, 0.25) is 0 Å². The standard InChI is InChI=1S/C22H26N4O3/c1-22(2,3)26-14-17(11-19(26)27)21(29)25-18-8-4-6-15(10-18)12-24-20(28)16-7-5-9-23-13-16/h4-10,13,17H,11-12,14H2,1-3H3,(H,24,28)(H,25,29). The van der Waals surface area contributed by atoms with E-state index in [1.165, 1.54) is 6.20 Å². The van der Waals surface area contributed by atoms with Crippen molar-refractivity contribution in [3.05, 3.63) is 59.9 Å². The Morgan fingerprint density at radius 2 is 2.00 bits per heavy atom.